The van der Waals surface area contributed by atoms with Gasteiger partial charge >= 0.3 is 12.5 Å². The molecule has 1 N–H and O–H groups in total. The van der Waals surface area contributed by atoms with Gasteiger partial charge in [0, 0.05) is 19.1 Å². The molecule has 0 aromatic heterocycles. The lowest BCUT2D eigenvalue weighted by Gasteiger charge is -2.35. The summed E-state index contributed by atoms with van der Waals surface area (Å²) >= 11 is 0. The molecule has 1 aliphatic heterocycles. The monoisotopic (exact) mass is 388 g/mol. The minimum atomic E-state index is -4.80. The third-order valence-electron chi connectivity index (χ3n) is 4.22. The van der Waals surface area contributed by atoms with Gasteiger partial charge in [-0.25, -0.2) is 4.39 Å². The molecule has 0 radical (unpaired) electrons. The van der Waals surface area contributed by atoms with Crippen molar-refractivity contribution in [2.45, 2.75) is 38.0 Å². The highest BCUT2D eigenvalue weighted by Crippen LogP contribution is 2.33. The number of halogens is 7. The summed E-state index contributed by atoms with van der Waals surface area (Å²) in [5.74, 6) is -1.02. The first-order valence-corrected chi connectivity index (χ1v) is 8.07. The van der Waals surface area contributed by atoms with E-state index in [0.29, 0.717) is 32.0 Å². The van der Waals surface area contributed by atoms with Gasteiger partial charge in [-0.1, -0.05) is 6.07 Å². The van der Waals surface area contributed by atoms with Gasteiger partial charge < -0.3 is 5.32 Å². The van der Waals surface area contributed by atoms with Crippen molar-refractivity contribution in [3.8, 4) is 0 Å². The number of piperidine rings is 1. The average Bonchev–Trinajstić information content (AvgIpc) is 2.54. The van der Waals surface area contributed by atoms with Crippen LogP contribution in [-0.4, -0.2) is 43.5 Å². The van der Waals surface area contributed by atoms with E-state index in [1.807, 2.05) is 0 Å². The molecule has 1 aromatic rings. The van der Waals surface area contributed by atoms with Crippen molar-refractivity contribution in [1.29, 1.82) is 0 Å². The molecule has 0 spiro atoms. The van der Waals surface area contributed by atoms with E-state index in [2.05, 4.69) is 10.1 Å². The lowest BCUT2D eigenvalue weighted by Crippen LogP contribution is -2.44. The largest absolute Gasteiger partial charge is 0.522 e. The maximum absolute atomic E-state index is 13.2. The van der Waals surface area contributed by atoms with Crippen molar-refractivity contribution in [3.63, 3.8) is 0 Å². The van der Waals surface area contributed by atoms with Crippen LogP contribution in [0.25, 0.3) is 0 Å². The molecular formula is C16H19F7N2O. The zero-order valence-electron chi connectivity index (χ0n) is 13.8. The van der Waals surface area contributed by atoms with Crippen LogP contribution in [0.15, 0.2) is 18.2 Å². The van der Waals surface area contributed by atoms with E-state index >= 15 is 0 Å². The van der Waals surface area contributed by atoms with Gasteiger partial charge in [-0.05, 0) is 43.6 Å². The molecule has 1 aliphatic rings. The van der Waals surface area contributed by atoms with Crippen LogP contribution in [0, 0.1) is 5.82 Å². The Morgan fingerprint density at radius 3 is 2.31 bits per heavy atom. The van der Waals surface area contributed by atoms with Gasteiger partial charge in [0.15, 0.2) is 0 Å². The average molecular weight is 388 g/mol. The van der Waals surface area contributed by atoms with E-state index in [0.717, 1.165) is 12.1 Å². The Bertz CT molecular complexity index is 583. The third-order valence-corrected chi connectivity index (χ3v) is 4.22. The SMILES string of the molecule is Fc1ccc(CN(CCOC(F)(F)F)C2CCNCC2)c(C(F)(F)F)c1. The number of alkyl halides is 6. The second-order valence-corrected chi connectivity index (χ2v) is 6.05. The van der Waals surface area contributed by atoms with Crippen molar-refractivity contribution in [3.05, 3.63) is 35.1 Å². The summed E-state index contributed by atoms with van der Waals surface area (Å²) in [7, 11) is 0. The number of nitrogens with one attached hydrogen (secondary N) is 1. The molecule has 0 atom stereocenters. The van der Waals surface area contributed by atoms with E-state index < -0.39 is 30.5 Å². The van der Waals surface area contributed by atoms with Gasteiger partial charge in [-0.15, -0.1) is 13.2 Å². The summed E-state index contributed by atoms with van der Waals surface area (Å²) in [6, 6.07) is 2.16. The van der Waals surface area contributed by atoms with E-state index in [9.17, 15) is 30.7 Å². The van der Waals surface area contributed by atoms with Crippen molar-refractivity contribution in [2.24, 2.45) is 0 Å². The molecule has 0 unspecified atom stereocenters. The molecule has 10 heteroatoms. The summed E-state index contributed by atoms with van der Waals surface area (Å²) in [5, 5.41) is 3.09. The first kappa shape index (κ1) is 20.9. The van der Waals surface area contributed by atoms with E-state index in [4.69, 9.17) is 0 Å². The molecule has 0 aliphatic carbocycles. The molecule has 26 heavy (non-hydrogen) atoms. The lowest BCUT2D eigenvalue weighted by atomic mass is 10.0. The van der Waals surface area contributed by atoms with Gasteiger partial charge in [0.2, 0.25) is 0 Å². The number of ether oxygens (including phenoxy) is 1. The maximum atomic E-state index is 13.2. The standard InChI is InChI=1S/C16H19F7N2O/c17-12-2-1-11(14(9-12)15(18,19)20)10-25(7-8-26-16(21,22)23)13-3-5-24-6-4-13/h1-2,9,13,24H,3-8,10H2. The summed E-state index contributed by atoms with van der Waals surface area (Å²) < 4.78 is 93.1. The molecule has 148 valence electrons. The summed E-state index contributed by atoms with van der Waals surface area (Å²) in [6.07, 6.45) is -8.37. The maximum Gasteiger partial charge on any atom is 0.522 e. The highest BCUT2D eigenvalue weighted by atomic mass is 19.4. The minimum Gasteiger partial charge on any atom is -0.317 e. The molecule has 0 saturated carbocycles. The third kappa shape index (κ3) is 6.40. The van der Waals surface area contributed by atoms with E-state index in [-0.39, 0.29) is 24.7 Å². The van der Waals surface area contributed by atoms with Gasteiger partial charge in [0.1, 0.15) is 5.82 Å². The number of hydrogen-bond donors (Lipinski definition) is 1. The van der Waals surface area contributed by atoms with Crippen LogP contribution in [0.1, 0.15) is 24.0 Å². The predicted octanol–water partition coefficient (Wildman–Crippen LogP) is 3.93. The Kier molecular flexibility index (Phi) is 6.86. The highest BCUT2D eigenvalue weighted by Gasteiger charge is 2.35. The highest BCUT2D eigenvalue weighted by molar-refractivity contribution is 5.30. The normalized spacial score (nSPS) is 17.1. The van der Waals surface area contributed by atoms with Gasteiger partial charge in [0.25, 0.3) is 0 Å². The minimum absolute atomic E-state index is 0.176. The Morgan fingerprint density at radius 2 is 1.73 bits per heavy atom. The number of benzene rings is 1. The van der Waals surface area contributed by atoms with E-state index in [1.165, 1.54) is 4.90 Å². The predicted molar refractivity (Wildman–Crippen MR) is 79.7 cm³/mol. The number of hydrogen-bond acceptors (Lipinski definition) is 3. The zero-order valence-corrected chi connectivity index (χ0v) is 13.8. The fourth-order valence-corrected chi connectivity index (χ4v) is 3.01. The Hall–Kier alpha value is -1.39. The first-order valence-electron chi connectivity index (χ1n) is 8.07. The van der Waals surface area contributed by atoms with Crippen LogP contribution in [0.2, 0.25) is 0 Å². The molecule has 0 bridgehead atoms. The van der Waals surface area contributed by atoms with Crippen LogP contribution in [0.4, 0.5) is 30.7 Å². The Morgan fingerprint density at radius 1 is 1.08 bits per heavy atom. The molecule has 3 nitrogen and oxygen atoms in total. The summed E-state index contributed by atoms with van der Waals surface area (Å²) in [6.45, 7) is 0.142. The molecular weight excluding hydrogens is 369 g/mol. The molecule has 1 aromatic carbocycles. The lowest BCUT2D eigenvalue weighted by molar-refractivity contribution is -0.325. The van der Waals surface area contributed by atoms with Crippen molar-refractivity contribution < 1.29 is 35.5 Å². The summed E-state index contributed by atoms with van der Waals surface area (Å²) in [4.78, 5) is 1.54. The first-order chi connectivity index (χ1) is 12.1. The number of rotatable bonds is 6. The number of nitrogens with zero attached hydrogens (tertiary/aromatic N) is 1. The van der Waals surface area contributed by atoms with Gasteiger partial charge in [-0.2, -0.15) is 13.2 Å². The second kappa shape index (κ2) is 8.53. The van der Waals surface area contributed by atoms with Crippen LogP contribution < -0.4 is 5.32 Å². The van der Waals surface area contributed by atoms with Crippen LogP contribution in [0.3, 0.4) is 0 Å². The molecule has 1 fully saturated rings. The second-order valence-electron chi connectivity index (χ2n) is 6.05. The Labute approximate surface area is 146 Å². The van der Waals surface area contributed by atoms with Gasteiger partial charge in [0.05, 0.1) is 12.2 Å². The fourth-order valence-electron chi connectivity index (χ4n) is 3.01. The van der Waals surface area contributed by atoms with E-state index in [1.54, 1.807) is 0 Å². The molecule has 1 saturated heterocycles. The molecule has 1 heterocycles. The quantitative estimate of drug-likeness (QED) is 0.748. The molecule has 0 amide bonds. The summed E-state index contributed by atoms with van der Waals surface area (Å²) in [5.41, 5.74) is -1.29. The van der Waals surface area contributed by atoms with Crippen LogP contribution >= 0.6 is 0 Å². The van der Waals surface area contributed by atoms with Crippen molar-refractivity contribution in [1.82, 2.24) is 10.2 Å². The fraction of sp³-hybridized carbons (Fsp3) is 0.625. The molecule has 2 rings (SSSR count). The van der Waals surface area contributed by atoms with Crippen LogP contribution in [0.5, 0.6) is 0 Å². The zero-order chi connectivity index (χ0) is 19.4. The van der Waals surface area contributed by atoms with Crippen molar-refractivity contribution >= 4 is 0 Å². The van der Waals surface area contributed by atoms with Crippen LogP contribution in [-0.2, 0) is 17.5 Å². The van der Waals surface area contributed by atoms with Crippen molar-refractivity contribution in [2.75, 3.05) is 26.2 Å². The Balaban J connectivity index is 2.17. The van der Waals surface area contributed by atoms with Gasteiger partial charge in [-0.3, -0.25) is 9.64 Å². The smallest absolute Gasteiger partial charge is 0.317 e. The topological polar surface area (TPSA) is 24.5 Å².